The fraction of sp³-hybridized carbons (Fsp3) is 0.385. The van der Waals surface area contributed by atoms with Crippen LogP contribution in [0.3, 0.4) is 0 Å². The largest absolute Gasteiger partial charge is 0.363 e. The molecule has 0 saturated heterocycles. The zero-order valence-electron chi connectivity index (χ0n) is 11.2. The normalized spacial score (nSPS) is 10.2. The molecule has 0 bridgehead atoms. The van der Waals surface area contributed by atoms with Crippen LogP contribution in [0.4, 0.5) is 11.8 Å². The zero-order valence-corrected chi connectivity index (χ0v) is 11.2. The van der Waals surface area contributed by atoms with Crippen LogP contribution in [0, 0.1) is 0 Å². The summed E-state index contributed by atoms with van der Waals surface area (Å²) in [6.07, 6.45) is 3.40. The average Bonchev–Trinajstić information content (AvgIpc) is 2.48. The van der Waals surface area contributed by atoms with Gasteiger partial charge in [-0.15, -0.1) is 5.10 Å². The molecule has 0 unspecified atom stereocenters. The van der Waals surface area contributed by atoms with E-state index in [9.17, 15) is 0 Å². The van der Waals surface area contributed by atoms with Gasteiger partial charge >= 0.3 is 0 Å². The monoisotopic (exact) mass is 258 g/mol. The first-order valence-electron chi connectivity index (χ1n) is 6.42. The Morgan fingerprint density at radius 1 is 1.21 bits per heavy atom. The van der Waals surface area contributed by atoms with Crippen molar-refractivity contribution in [2.45, 2.75) is 20.4 Å². The van der Waals surface area contributed by atoms with Gasteiger partial charge in [0.25, 0.3) is 0 Å². The van der Waals surface area contributed by atoms with Crippen LogP contribution in [0.5, 0.6) is 0 Å². The summed E-state index contributed by atoms with van der Waals surface area (Å²) in [6, 6.07) is 5.82. The van der Waals surface area contributed by atoms with Crippen LogP contribution in [0.1, 0.15) is 19.5 Å². The van der Waals surface area contributed by atoms with Crippen molar-refractivity contribution in [1.82, 2.24) is 20.2 Å². The van der Waals surface area contributed by atoms with Gasteiger partial charge in [0.05, 0.1) is 18.4 Å². The predicted octanol–water partition coefficient (Wildman–Crippen LogP) is 1.72. The highest BCUT2D eigenvalue weighted by Crippen LogP contribution is 2.09. The smallest absolute Gasteiger partial charge is 0.247 e. The maximum Gasteiger partial charge on any atom is 0.247 e. The summed E-state index contributed by atoms with van der Waals surface area (Å²) < 4.78 is 0. The van der Waals surface area contributed by atoms with Gasteiger partial charge in [0.15, 0.2) is 5.82 Å². The predicted molar refractivity (Wildman–Crippen MR) is 75.0 cm³/mol. The number of pyridine rings is 1. The lowest BCUT2D eigenvalue weighted by Crippen LogP contribution is -2.24. The topological polar surface area (TPSA) is 66.8 Å². The van der Waals surface area contributed by atoms with E-state index in [1.807, 2.05) is 18.2 Å². The van der Waals surface area contributed by atoms with Crippen LogP contribution in [-0.4, -0.2) is 33.3 Å². The third-order valence-corrected chi connectivity index (χ3v) is 2.77. The van der Waals surface area contributed by atoms with E-state index in [1.165, 1.54) is 0 Å². The Balaban J connectivity index is 2.03. The number of hydrogen-bond donors (Lipinski definition) is 1. The van der Waals surface area contributed by atoms with Gasteiger partial charge in [-0.25, -0.2) is 0 Å². The van der Waals surface area contributed by atoms with Gasteiger partial charge in [0.1, 0.15) is 0 Å². The number of nitrogens with one attached hydrogen (secondary N) is 1. The van der Waals surface area contributed by atoms with Gasteiger partial charge < -0.3 is 10.2 Å². The molecule has 0 spiro atoms. The Bertz CT molecular complexity index is 497. The number of rotatable bonds is 6. The standard InChI is InChI=1S/C13H18N6/c1-3-19(4-2)13-17-12(10-16-18-13)15-9-11-7-5-6-8-14-11/h5-8,10H,3-4,9H2,1-2H3,(H,15,17,18). The molecule has 100 valence electrons. The van der Waals surface area contributed by atoms with Crippen LogP contribution in [0.2, 0.25) is 0 Å². The molecule has 0 atom stereocenters. The summed E-state index contributed by atoms with van der Waals surface area (Å²) in [5.74, 6) is 1.36. The van der Waals surface area contributed by atoms with Crippen LogP contribution < -0.4 is 10.2 Å². The highest BCUT2D eigenvalue weighted by atomic mass is 15.3. The molecular weight excluding hydrogens is 240 g/mol. The van der Waals surface area contributed by atoms with Gasteiger partial charge in [-0.3, -0.25) is 4.98 Å². The third-order valence-electron chi connectivity index (χ3n) is 2.77. The molecule has 6 heteroatoms. The number of anilines is 2. The number of aromatic nitrogens is 4. The van der Waals surface area contributed by atoms with Crippen LogP contribution in [0.25, 0.3) is 0 Å². The molecule has 2 rings (SSSR count). The second kappa shape index (κ2) is 6.63. The van der Waals surface area contributed by atoms with Crippen molar-refractivity contribution < 1.29 is 0 Å². The molecule has 0 saturated carbocycles. The van der Waals surface area contributed by atoms with E-state index in [0.29, 0.717) is 18.3 Å². The summed E-state index contributed by atoms with van der Waals surface area (Å²) in [5.41, 5.74) is 0.963. The minimum Gasteiger partial charge on any atom is -0.363 e. The lowest BCUT2D eigenvalue weighted by molar-refractivity contribution is 0.793. The van der Waals surface area contributed by atoms with E-state index in [2.05, 4.69) is 44.2 Å². The quantitative estimate of drug-likeness (QED) is 0.851. The second-order valence-corrected chi connectivity index (χ2v) is 3.99. The molecule has 0 radical (unpaired) electrons. The van der Waals surface area contributed by atoms with E-state index in [4.69, 9.17) is 0 Å². The van der Waals surface area contributed by atoms with Gasteiger partial charge in [0, 0.05) is 19.3 Å². The summed E-state index contributed by atoms with van der Waals surface area (Å²) in [7, 11) is 0. The summed E-state index contributed by atoms with van der Waals surface area (Å²) in [6.45, 7) is 6.49. The van der Waals surface area contributed by atoms with Crippen LogP contribution in [0.15, 0.2) is 30.6 Å². The van der Waals surface area contributed by atoms with E-state index in [0.717, 1.165) is 18.8 Å². The van der Waals surface area contributed by atoms with Crippen LogP contribution in [-0.2, 0) is 6.54 Å². The lowest BCUT2D eigenvalue weighted by atomic mass is 10.3. The van der Waals surface area contributed by atoms with Crippen molar-refractivity contribution in [2.24, 2.45) is 0 Å². The summed E-state index contributed by atoms with van der Waals surface area (Å²) in [5, 5.41) is 11.2. The number of nitrogens with zero attached hydrogens (tertiary/aromatic N) is 5. The average molecular weight is 258 g/mol. The minimum absolute atomic E-state index is 0.622. The van der Waals surface area contributed by atoms with E-state index < -0.39 is 0 Å². The Hall–Kier alpha value is -2.24. The summed E-state index contributed by atoms with van der Waals surface area (Å²) in [4.78, 5) is 10.7. The second-order valence-electron chi connectivity index (χ2n) is 3.99. The third kappa shape index (κ3) is 3.61. The molecule has 0 aliphatic rings. The van der Waals surface area contributed by atoms with Crippen molar-refractivity contribution in [3.8, 4) is 0 Å². The molecule has 0 aliphatic carbocycles. The van der Waals surface area contributed by atoms with Crippen molar-refractivity contribution in [2.75, 3.05) is 23.3 Å². The first kappa shape index (κ1) is 13.2. The Labute approximate surface area is 112 Å². The van der Waals surface area contributed by atoms with E-state index >= 15 is 0 Å². The molecule has 2 aromatic heterocycles. The molecule has 2 aromatic rings. The van der Waals surface area contributed by atoms with Crippen molar-refractivity contribution >= 4 is 11.8 Å². The molecular formula is C13H18N6. The molecule has 0 amide bonds. The van der Waals surface area contributed by atoms with Gasteiger partial charge in [0.2, 0.25) is 5.95 Å². The molecule has 2 heterocycles. The minimum atomic E-state index is 0.622. The number of hydrogen-bond acceptors (Lipinski definition) is 6. The summed E-state index contributed by atoms with van der Waals surface area (Å²) >= 11 is 0. The Kier molecular flexibility index (Phi) is 4.60. The van der Waals surface area contributed by atoms with Gasteiger partial charge in [-0.1, -0.05) is 6.07 Å². The lowest BCUT2D eigenvalue weighted by Gasteiger charge is -2.18. The van der Waals surface area contributed by atoms with Gasteiger partial charge in [-0.05, 0) is 26.0 Å². The van der Waals surface area contributed by atoms with Crippen molar-refractivity contribution in [1.29, 1.82) is 0 Å². The first-order chi connectivity index (χ1) is 9.33. The van der Waals surface area contributed by atoms with E-state index in [-0.39, 0.29) is 0 Å². The maximum absolute atomic E-state index is 4.44. The molecule has 1 N–H and O–H groups in total. The highest BCUT2D eigenvalue weighted by molar-refractivity contribution is 5.38. The fourth-order valence-electron chi connectivity index (χ4n) is 1.70. The van der Waals surface area contributed by atoms with E-state index in [1.54, 1.807) is 12.4 Å². The molecule has 19 heavy (non-hydrogen) atoms. The molecule has 0 fully saturated rings. The zero-order chi connectivity index (χ0) is 13.5. The molecule has 0 aliphatic heterocycles. The van der Waals surface area contributed by atoms with Gasteiger partial charge in [-0.2, -0.15) is 10.1 Å². The Morgan fingerprint density at radius 3 is 2.74 bits per heavy atom. The maximum atomic E-state index is 4.44. The highest BCUT2D eigenvalue weighted by Gasteiger charge is 2.06. The fourth-order valence-corrected chi connectivity index (χ4v) is 1.70. The first-order valence-corrected chi connectivity index (χ1v) is 6.42. The van der Waals surface area contributed by atoms with Crippen molar-refractivity contribution in [3.63, 3.8) is 0 Å². The molecule has 0 aromatic carbocycles. The molecule has 6 nitrogen and oxygen atoms in total. The Morgan fingerprint density at radius 2 is 2.05 bits per heavy atom. The van der Waals surface area contributed by atoms with Crippen LogP contribution >= 0.6 is 0 Å². The SMILES string of the molecule is CCN(CC)c1nncc(NCc2ccccn2)n1. The van der Waals surface area contributed by atoms with Crippen molar-refractivity contribution in [3.05, 3.63) is 36.3 Å².